The second kappa shape index (κ2) is 9.68. The highest BCUT2D eigenvalue weighted by Gasteiger charge is 2.30. The first-order valence-electron chi connectivity index (χ1n) is 11.5. The largest absolute Gasteiger partial charge is 0.416 e. The quantitative estimate of drug-likeness (QED) is 0.359. The lowest BCUT2D eigenvalue weighted by Crippen LogP contribution is -2.45. The molecule has 1 fully saturated rings. The summed E-state index contributed by atoms with van der Waals surface area (Å²) in [6, 6.07) is 12.1. The van der Waals surface area contributed by atoms with Crippen LogP contribution in [0.3, 0.4) is 0 Å². The maximum atomic E-state index is 13.0. The number of fused-ring (bicyclic) bond motifs is 1. The standard InChI is InChI=1S/C25H24ClF3N6O/c1-15-12-34(13-16(2)36-15)14-22-32-23(31-18-9-7-17(8-10-18)25(27,28)29)19-11-30-35(24(19)33-22)21-6-4-3-5-20(21)26/h3-11,15-16H,12-14H2,1-2H3,(H,31,32,33)/t15-,16+. The van der Waals surface area contributed by atoms with E-state index < -0.39 is 11.7 Å². The first-order chi connectivity index (χ1) is 17.2. The van der Waals surface area contributed by atoms with E-state index in [-0.39, 0.29) is 12.2 Å². The maximum Gasteiger partial charge on any atom is 0.416 e. The first-order valence-corrected chi connectivity index (χ1v) is 11.9. The van der Waals surface area contributed by atoms with Crippen molar-refractivity contribution in [2.45, 2.75) is 38.8 Å². The summed E-state index contributed by atoms with van der Waals surface area (Å²) in [5.41, 5.74) is 0.946. The Labute approximate surface area is 210 Å². The van der Waals surface area contributed by atoms with Crippen LogP contribution in [-0.2, 0) is 17.5 Å². The van der Waals surface area contributed by atoms with Crippen molar-refractivity contribution in [2.75, 3.05) is 18.4 Å². The van der Waals surface area contributed by atoms with E-state index in [4.69, 9.17) is 26.3 Å². The summed E-state index contributed by atoms with van der Waals surface area (Å²) >= 11 is 6.43. The predicted molar refractivity (Wildman–Crippen MR) is 132 cm³/mol. The molecule has 0 aliphatic carbocycles. The number of aromatic nitrogens is 4. The van der Waals surface area contributed by atoms with E-state index in [2.05, 4.69) is 15.3 Å². The summed E-state index contributed by atoms with van der Waals surface area (Å²) in [5, 5.41) is 8.77. The van der Waals surface area contributed by atoms with Gasteiger partial charge >= 0.3 is 6.18 Å². The number of para-hydroxylation sites is 1. The molecule has 7 nitrogen and oxygen atoms in total. The van der Waals surface area contributed by atoms with Crippen molar-refractivity contribution in [3.8, 4) is 5.69 Å². The monoisotopic (exact) mass is 516 g/mol. The molecule has 2 aromatic carbocycles. The summed E-state index contributed by atoms with van der Waals surface area (Å²) in [7, 11) is 0. The normalized spacial score (nSPS) is 19.1. The number of halogens is 4. The van der Waals surface area contributed by atoms with Crippen molar-refractivity contribution in [2.24, 2.45) is 0 Å². The molecule has 188 valence electrons. The van der Waals surface area contributed by atoms with Crippen LogP contribution in [-0.4, -0.2) is 49.9 Å². The van der Waals surface area contributed by atoms with Gasteiger partial charge in [-0.05, 0) is 50.2 Å². The summed E-state index contributed by atoms with van der Waals surface area (Å²) in [5.74, 6) is 0.995. The van der Waals surface area contributed by atoms with Gasteiger partial charge in [-0.1, -0.05) is 23.7 Å². The fourth-order valence-corrected chi connectivity index (χ4v) is 4.63. The van der Waals surface area contributed by atoms with Gasteiger partial charge in [0.2, 0.25) is 0 Å². The number of alkyl halides is 3. The smallest absolute Gasteiger partial charge is 0.373 e. The first kappa shape index (κ1) is 24.5. The zero-order chi connectivity index (χ0) is 25.4. The van der Waals surface area contributed by atoms with Crippen molar-refractivity contribution >= 4 is 34.1 Å². The third-order valence-corrected chi connectivity index (χ3v) is 6.21. The molecule has 3 heterocycles. The maximum absolute atomic E-state index is 13.0. The molecule has 0 saturated carbocycles. The topological polar surface area (TPSA) is 68.1 Å². The van der Waals surface area contributed by atoms with E-state index in [1.807, 2.05) is 32.0 Å². The predicted octanol–water partition coefficient (Wildman–Crippen LogP) is 5.84. The van der Waals surface area contributed by atoms with E-state index in [1.165, 1.54) is 12.1 Å². The van der Waals surface area contributed by atoms with Crippen LogP contribution in [0.15, 0.2) is 54.7 Å². The molecule has 0 bridgehead atoms. The van der Waals surface area contributed by atoms with E-state index in [9.17, 15) is 13.2 Å². The highest BCUT2D eigenvalue weighted by Crippen LogP contribution is 2.32. The Morgan fingerprint density at radius 2 is 1.72 bits per heavy atom. The molecular weight excluding hydrogens is 493 g/mol. The Kier molecular flexibility index (Phi) is 6.59. The Balaban J connectivity index is 1.55. The van der Waals surface area contributed by atoms with Gasteiger partial charge in [0.25, 0.3) is 0 Å². The molecule has 0 radical (unpaired) electrons. The zero-order valence-corrected chi connectivity index (χ0v) is 20.4. The minimum absolute atomic E-state index is 0.0795. The molecule has 1 aliphatic heterocycles. The Bertz CT molecular complexity index is 1360. The van der Waals surface area contributed by atoms with Crippen molar-refractivity contribution in [1.82, 2.24) is 24.6 Å². The van der Waals surface area contributed by atoms with E-state index in [0.29, 0.717) is 45.6 Å². The molecule has 5 rings (SSSR count). The average Bonchev–Trinajstić information content (AvgIpc) is 3.22. The molecule has 1 aliphatic rings. The van der Waals surface area contributed by atoms with Crippen LogP contribution in [0.25, 0.3) is 16.7 Å². The molecule has 2 aromatic heterocycles. The molecule has 1 N–H and O–H groups in total. The number of anilines is 2. The molecule has 0 amide bonds. The van der Waals surface area contributed by atoms with Crippen LogP contribution in [0.5, 0.6) is 0 Å². The number of hydrogen-bond donors (Lipinski definition) is 1. The number of benzene rings is 2. The number of ether oxygens (including phenoxy) is 1. The van der Waals surface area contributed by atoms with Crippen molar-refractivity contribution in [3.63, 3.8) is 0 Å². The van der Waals surface area contributed by atoms with Gasteiger partial charge in [-0.25, -0.2) is 14.6 Å². The van der Waals surface area contributed by atoms with Crippen LogP contribution >= 0.6 is 11.6 Å². The number of morpholine rings is 1. The number of hydrogen-bond acceptors (Lipinski definition) is 6. The third-order valence-electron chi connectivity index (χ3n) is 5.89. The molecule has 2 atom stereocenters. The van der Waals surface area contributed by atoms with Crippen LogP contribution in [0, 0.1) is 0 Å². The van der Waals surface area contributed by atoms with Crippen LogP contribution in [0.2, 0.25) is 5.02 Å². The number of nitrogens with one attached hydrogen (secondary N) is 1. The zero-order valence-electron chi connectivity index (χ0n) is 19.6. The molecule has 11 heteroatoms. The van der Waals surface area contributed by atoms with E-state index in [0.717, 1.165) is 25.2 Å². The van der Waals surface area contributed by atoms with Crippen LogP contribution in [0.4, 0.5) is 24.7 Å². The number of nitrogens with zero attached hydrogens (tertiary/aromatic N) is 5. The molecule has 36 heavy (non-hydrogen) atoms. The average molecular weight is 517 g/mol. The molecule has 1 saturated heterocycles. The van der Waals surface area contributed by atoms with Gasteiger partial charge in [-0.3, -0.25) is 4.90 Å². The van der Waals surface area contributed by atoms with Crippen molar-refractivity contribution in [1.29, 1.82) is 0 Å². The lowest BCUT2D eigenvalue weighted by atomic mass is 10.2. The lowest BCUT2D eigenvalue weighted by Gasteiger charge is -2.34. The summed E-state index contributed by atoms with van der Waals surface area (Å²) in [6.45, 7) is 5.99. The van der Waals surface area contributed by atoms with Gasteiger partial charge in [0.1, 0.15) is 11.6 Å². The highest BCUT2D eigenvalue weighted by atomic mass is 35.5. The highest BCUT2D eigenvalue weighted by molar-refractivity contribution is 6.32. The van der Waals surface area contributed by atoms with E-state index >= 15 is 0 Å². The summed E-state index contributed by atoms with van der Waals surface area (Å²) in [4.78, 5) is 11.8. The van der Waals surface area contributed by atoms with Gasteiger partial charge in [0, 0.05) is 18.8 Å². The minimum atomic E-state index is -4.41. The van der Waals surface area contributed by atoms with Crippen molar-refractivity contribution in [3.05, 3.63) is 71.1 Å². The second-order valence-corrected chi connectivity index (χ2v) is 9.29. The van der Waals surface area contributed by atoms with Gasteiger partial charge in [-0.15, -0.1) is 0 Å². The Morgan fingerprint density at radius 1 is 1.03 bits per heavy atom. The van der Waals surface area contributed by atoms with E-state index in [1.54, 1.807) is 16.9 Å². The Hall–Kier alpha value is -3.21. The SMILES string of the molecule is C[C@@H]1CN(Cc2nc(Nc3ccc(C(F)(F)F)cc3)c3cnn(-c4ccccc4Cl)c3n2)C[C@H](C)O1. The third kappa shape index (κ3) is 5.16. The van der Waals surface area contributed by atoms with Gasteiger partial charge < -0.3 is 10.1 Å². The molecular formula is C25H24ClF3N6O. The molecule has 0 unspecified atom stereocenters. The summed E-state index contributed by atoms with van der Waals surface area (Å²) < 4.78 is 46.5. The fourth-order valence-electron chi connectivity index (χ4n) is 4.41. The minimum Gasteiger partial charge on any atom is -0.373 e. The van der Waals surface area contributed by atoms with Crippen molar-refractivity contribution < 1.29 is 17.9 Å². The summed E-state index contributed by atoms with van der Waals surface area (Å²) in [6.07, 6.45) is -2.63. The van der Waals surface area contributed by atoms with Crippen LogP contribution in [0.1, 0.15) is 25.2 Å². The Morgan fingerprint density at radius 3 is 2.39 bits per heavy atom. The van der Waals surface area contributed by atoms with Gasteiger partial charge in [0.05, 0.1) is 46.6 Å². The van der Waals surface area contributed by atoms with Gasteiger partial charge in [0.15, 0.2) is 5.65 Å². The molecule has 4 aromatic rings. The lowest BCUT2D eigenvalue weighted by molar-refractivity contribution is -0.137. The fraction of sp³-hybridized carbons (Fsp3) is 0.320. The number of rotatable bonds is 5. The van der Waals surface area contributed by atoms with Gasteiger partial charge in [-0.2, -0.15) is 18.3 Å². The second-order valence-electron chi connectivity index (χ2n) is 8.89. The molecule has 0 spiro atoms. The van der Waals surface area contributed by atoms with Crippen LogP contribution < -0.4 is 5.32 Å².